The zero-order valence-electron chi connectivity index (χ0n) is 15.7. The number of hydrogen-bond donors (Lipinski definition) is 2. The Labute approximate surface area is 166 Å². The molecule has 7 heteroatoms. The molecule has 146 valence electrons. The number of anilines is 1. The van der Waals surface area contributed by atoms with Crippen LogP contribution in [0, 0.1) is 5.92 Å². The lowest BCUT2D eigenvalue weighted by atomic mass is 9.94. The Morgan fingerprint density at radius 1 is 1.11 bits per heavy atom. The van der Waals surface area contributed by atoms with Crippen molar-refractivity contribution in [3.8, 4) is 5.75 Å². The summed E-state index contributed by atoms with van der Waals surface area (Å²) in [6.45, 7) is 1.74. The number of amides is 2. The first kappa shape index (κ1) is 22.5. The molecule has 27 heavy (non-hydrogen) atoms. The minimum absolute atomic E-state index is 0. The number of halogens is 1. The Morgan fingerprint density at radius 3 is 2.41 bits per heavy atom. The van der Waals surface area contributed by atoms with Crippen LogP contribution in [0.25, 0.3) is 0 Å². The number of benzene rings is 2. The van der Waals surface area contributed by atoms with E-state index in [0.29, 0.717) is 11.4 Å². The number of nitrogens with one attached hydrogen (secondary N) is 1. The zero-order chi connectivity index (χ0) is 19.1. The summed E-state index contributed by atoms with van der Waals surface area (Å²) in [4.78, 5) is 25.6. The van der Waals surface area contributed by atoms with E-state index in [0.717, 1.165) is 5.56 Å². The van der Waals surface area contributed by atoms with Crippen LogP contribution in [-0.2, 0) is 9.59 Å². The minimum atomic E-state index is -0.405. The predicted molar refractivity (Wildman–Crippen MR) is 109 cm³/mol. The monoisotopic (exact) mass is 391 g/mol. The summed E-state index contributed by atoms with van der Waals surface area (Å²) >= 11 is 0. The Balaban J connectivity index is 0.00000364. The Kier molecular flexibility index (Phi) is 8.78. The average Bonchev–Trinajstić information content (AvgIpc) is 2.65. The van der Waals surface area contributed by atoms with Gasteiger partial charge in [-0.1, -0.05) is 43.3 Å². The lowest BCUT2D eigenvalue weighted by Crippen LogP contribution is -2.30. The highest BCUT2D eigenvalue weighted by Crippen LogP contribution is 2.22. The molecule has 0 radical (unpaired) electrons. The van der Waals surface area contributed by atoms with E-state index in [1.807, 2.05) is 30.3 Å². The average molecular weight is 392 g/mol. The number of carbonyl (C=O) groups is 2. The molecule has 0 aliphatic carbocycles. The van der Waals surface area contributed by atoms with Gasteiger partial charge in [-0.3, -0.25) is 9.59 Å². The van der Waals surface area contributed by atoms with Gasteiger partial charge in [0.05, 0.1) is 5.92 Å². The van der Waals surface area contributed by atoms with Crippen LogP contribution in [0.5, 0.6) is 5.75 Å². The molecule has 0 aromatic heterocycles. The Morgan fingerprint density at radius 2 is 1.78 bits per heavy atom. The molecule has 2 unspecified atom stereocenters. The van der Waals surface area contributed by atoms with Gasteiger partial charge in [0.25, 0.3) is 5.91 Å². The number of ether oxygens (including phenoxy) is 1. The van der Waals surface area contributed by atoms with Crippen LogP contribution >= 0.6 is 12.4 Å². The van der Waals surface area contributed by atoms with Crippen molar-refractivity contribution in [1.82, 2.24) is 4.90 Å². The molecular weight excluding hydrogens is 366 g/mol. The van der Waals surface area contributed by atoms with E-state index in [1.165, 1.54) is 4.90 Å². The number of hydrogen-bond acceptors (Lipinski definition) is 4. The maximum atomic E-state index is 12.5. The molecule has 2 rings (SSSR count). The van der Waals surface area contributed by atoms with Crippen molar-refractivity contribution in [2.75, 3.05) is 26.0 Å². The topological polar surface area (TPSA) is 84.7 Å². The minimum Gasteiger partial charge on any atom is -0.484 e. The van der Waals surface area contributed by atoms with Crippen molar-refractivity contribution in [3.63, 3.8) is 0 Å². The van der Waals surface area contributed by atoms with Gasteiger partial charge in [-0.15, -0.1) is 12.4 Å². The van der Waals surface area contributed by atoms with E-state index in [-0.39, 0.29) is 30.8 Å². The fourth-order valence-corrected chi connectivity index (χ4v) is 2.32. The van der Waals surface area contributed by atoms with Crippen LogP contribution in [0.3, 0.4) is 0 Å². The summed E-state index contributed by atoms with van der Waals surface area (Å²) in [5, 5.41) is 2.85. The molecular formula is C20H26ClN3O3. The first-order valence-corrected chi connectivity index (χ1v) is 8.43. The molecule has 3 N–H and O–H groups in total. The van der Waals surface area contributed by atoms with Crippen molar-refractivity contribution in [3.05, 3.63) is 60.2 Å². The van der Waals surface area contributed by atoms with Crippen LogP contribution in [0.15, 0.2) is 54.6 Å². The van der Waals surface area contributed by atoms with Gasteiger partial charge in [-0.05, 0) is 17.7 Å². The summed E-state index contributed by atoms with van der Waals surface area (Å²) in [6, 6.07) is 16.1. The summed E-state index contributed by atoms with van der Waals surface area (Å²) < 4.78 is 5.46. The molecule has 0 fully saturated rings. The number of nitrogens with two attached hydrogens (primary N) is 1. The fourth-order valence-electron chi connectivity index (χ4n) is 2.32. The van der Waals surface area contributed by atoms with E-state index in [9.17, 15) is 9.59 Å². The fraction of sp³-hybridized carbons (Fsp3) is 0.300. The molecule has 0 heterocycles. The predicted octanol–water partition coefficient (Wildman–Crippen LogP) is 2.85. The lowest BCUT2D eigenvalue weighted by molar-refractivity contribution is -0.130. The molecule has 0 spiro atoms. The van der Waals surface area contributed by atoms with Crippen LogP contribution in [0.1, 0.15) is 18.5 Å². The molecule has 2 aromatic carbocycles. The van der Waals surface area contributed by atoms with Crippen LogP contribution < -0.4 is 15.8 Å². The van der Waals surface area contributed by atoms with E-state index < -0.39 is 12.0 Å². The maximum absolute atomic E-state index is 12.5. The summed E-state index contributed by atoms with van der Waals surface area (Å²) in [7, 11) is 3.33. The van der Waals surface area contributed by atoms with Crippen LogP contribution in [0.2, 0.25) is 0 Å². The van der Waals surface area contributed by atoms with Crippen molar-refractivity contribution >= 4 is 29.9 Å². The summed E-state index contributed by atoms with van der Waals surface area (Å²) in [6.07, 6.45) is 0. The SMILES string of the molecule is CC(C(=O)Nc1cccc(OCC(=O)N(C)C)c1)C(N)c1ccccc1.Cl. The van der Waals surface area contributed by atoms with Gasteiger partial charge in [-0.2, -0.15) is 0 Å². The van der Waals surface area contributed by atoms with Gasteiger partial charge in [-0.25, -0.2) is 0 Å². The van der Waals surface area contributed by atoms with Crippen LogP contribution in [0.4, 0.5) is 5.69 Å². The van der Waals surface area contributed by atoms with Crippen molar-refractivity contribution in [2.45, 2.75) is 13.0 Å². The van der Waals surface area contributed by atoms with E-state index in [2.05, 4.69) is 5.32 Å². The summed E-state index contributed by atoms with van der Waals surface area (Å²) in [5.74, 6) is -0.208. The second-order valence-corrected chi connectivity index (χ2v) is 6.32. The normalized spacial score (nSPS) is 12.3. The quantitative estimate of drug-likeness (QED) is 0.760. The lowest BCUT2D eigenvalue weighted by Gasteiger charge is -2.20. The molecule has 6 nitrogen and oxygen atoms in total. The van der Waals surface area contributed by atoms with Gasteiger partial charge in [0, 0.05) is 31.9 Å². The summed E-state index contributed by atoms with van der Waals surface area (Å²) in [5.41, 5.74) is 7.71. The molecule has 0 bridgehead atoms. The van der Waals surface area contributed by atoms with E-state index in [1.54, 1.807) is 45.3 Å². The highest BCUT2D eigenvalue weighted by Gasteiger charge is 2.22. The number of rotatable bonds is 7. The standard InChI is InChI=1S/C20H25N3O3.ClH/c1-14(19(21)15-8-5-4-6-9-15)20(25)22-16-10-7-11-17(12-16)26-13-18(24)23(2)3;/h4-12,14,19H,13,21H2,1-3H3,(H,22,25);1H. The third-order valence-electron chi connectivity index (χ3n) is 4.10. The third-order valence-corrected chi connectivity index (χ3v) is 4.10. The molecule has 0 aliphatic rings. The van der Waals surface area contributed by atoms with E-state index in [4.69, 9.17) is 10.5 Å². The first-order chi connectivity index (χ1) is 12.4. The molecule has 0 aliphatic heterocycles. The molecule has 2 atom stereocenters. The molecule has 0 saturated carbocycles. The Hall–Kier alpha value is -2.57. The van der Waals surface area contributed by atoms with Gasteiger partial charge >= 0.3 is 0 Å². The second kappa shape index (κ2) is 10.5. The Bertz CT molecular complexity index is 753. The number of likely N-dealkylation sites (N-methyl/N-ethyl adjacent to an activating group) is 1. The zero-order valence-corrected chi connectivity index (χ0v) is 16.5. The van der Waals surface area contributed by atoms with Crippen molar-refractivity contribution < 1.29 is 14.3 Å². The molecule has 2 amide bonds. The first-order valence-electron chi connectivity index (χ1n) is 8.43. The van der Waals surface area contributed by atoms with Crippen molar-refractivity contribution in [1.29, 1.82) is 0 Å². The third kappa shape index (κ3) is 6.58. The van der Waals surface area contributed by atoms with Gasteiger partial charge < -0.3 is 20.7 Å². The maximum Gasteiger partial charge on any atom is 0.259 e. The number of carbonyl (C=O) groups excluding carboxylic acids is 2. The van der Waals surface area contributed by atoms with Gasteiger partial charge in [0.2, 0.25) is 5.91 Å². The van der Waals surface area contributed by atoms with Gasteiger partial charge in [0.1, 0.15) is 5.75 Å². The molecule has 2 aromatic rings. The molecule has 0 saturated heterocycles. The van der Waals surface area contributed by atoms with Gasteiger partial charge in [0.15, 0.2) is 6.61 Å². The number of nitrogens with zero attached hydrogens (tertiary/aromatic N) is 1. The largest absolute Gasteiger partial charge is 0.484 e. The van der Waals surface area contributed by atoms with E-state index >= 15 is 0 Å². The van der Waals surface area contributed by atoms with Crippen molar-refractivity contribution in [2.24, 2.45) is 11.7 Å². The highest BCUT2D eigenvalue weighted by molar-refractivity contribution is 5.93. The second-order valence-electron chi connectivity index (χ2n) is 6.32. The highest BCUT2D eigenvalue weighted by atomic mass is 35.5. The van der Waals surface area contributed by atoms with Crippen LogP contribution in [-0.4, -0.2) is 37.4 Å². The smallest absolute Gasteiger partial charge is 0.259 e.